The summed E-state index contributed by atoms with van der Waals surface area (Å²) in [6.45, 7) is 3.87. The summed E-state index contributed by atoms with van der Waals surface area (Å²) < 4.78 is 5.75. The molecule has 0 saturated carbocycles. The van der Waals surface area contributed by atoms with Gasteiger partial charge in [-0.3, -0.25) is 4.98 Å². The van der Waals surface area contributed by atoms with Crippen LogP contribution in [0.1, 0.15) is 35.9 Å². The van der Waals surface area contributed by atoms with E-state index in [0.717, 1.165) is 24.2 Å². The second-order valence-corrected chi connectivity index (χ2v) is 5.24. The van der Waals surface area contributed by atoms with Crippen LogP contribution in [0.4, 0.5) is 0 Å². The van der Waals surface area contributed by atoms with E-state index in [1.807, 2.05) is 6.92 Å². The molecule has 2 aromatic rings. The Hall–Kier alpha value is -2.08. The number of hydrogen-bond acceptors (Lipinski definition) is 4. The Labute approximate surface area is 122 Å². The van der Waals surface area contributed by atoms with Gasteiger partial charge >= 0.3 is 5.69 Å². The number of aryl methyl sites for hydroxylation is 2. The van der Waals surface area contributed by atoms with E-state index in [9.17, 15) is 4.79 Å². The van der Waals surface area contributed by atoms with Crippen LogP contribution in [-0.4, -0.2) is 21.8 Å². The molecule has 0 spiro atoms. The molecule has 0 radical (unpaired) electrons. The highest BCUT2D eigenvalue weighted by Gasteiger charge is 2.15. The minimum Gasteiger partial charge on any atom is -0.494 e. The maximum absolute atomic E-state index is 11.0. The lowest BCUT2D eigenvalue weighted by molar-refractivity contribution is 0.335. The Bertz CT molecular complexity index is 675. The monoisotopic (exact) mass is 288 g/mol. The zero-order valence-corrected chi connectivity index (χ0v) is 12.2. The average molecular weight is 288 g/mol. The predicted octanol–water partition coefficient (Wildman–Crippen LogP) is 1.28. The Balaban J connectivity index is 1.70. The van der Waals surface area contributed by atoms with Crippen LogP contribution in [-0.2, 0) is 25.9 Å². The maximum atomic E-state index is 11.0. The molecule has 0 aliphatic heterocycles. The third-order valence-corrected chi connectivity index (χ3v) is 3.73. The smallest absolute Gasteiger partial charge is 0.340 e. The molecule has 1 aromatic carbocycles. The number of rotatable bonds is 6. The molecular weight excluding hydrogens is 268 g/mol. The van der Waals surface area contributed by atoms with Crippen LogP contribution in [0.25, 0.3) is 0 Å². The summed E-state index contributed by atoms with van der Waals surface area (Å²) in [6, 6.07) is 4.42. The maximum Gasteiger partial charge on any atom is 0.340 e. The number of H-pyrrole nitrogens is 2. The van der Waals surface area contributed by atoms with E-state index in [1.54, 1.807) is 0 Å². The van der Waals surface area contributed by atoms with E-state index in [-0.39, 0.29) is 5.69 Å². The van der Waals surface area contributed by atoms with E-state index in [1.165, 1.54) is 17.5 Å². The summed E-state index contributed by atoms with van der Waals surface area (Å²) >= 11 is 0. The van der Waals surface area contributed by atoms with Crippen LogP contribution in [0.5, 0.6) is 5.75 Å². The summed E-state index contributed by atoms with van der Waals surface area (Å²) in [5.41, 5.74) is 3.73. The highest BCUT2D eigenvalue weighted by molar-refractivity contribution is 5.44. The van der Waals surface area contributed by atoms with Crippen molar-refractivity contribution in [2.45, 2.75) is 39.3 Å². The van der Waals surface area contributed by atoms with Crippen molar-refractivity contribution >= 4 is 0 Å². The summed E-state index contributed by atoms with van der Waals surface area (Å²) in [4.78, 5) is 13.6. The minimum absolute atomic E-state index is 0.278. The molecule has 21 heavy (non-hydrogen) atoms. The molecule has 1 heterocycles. The Morgan fingerprint density at radius 1 is 1.29 bits per heavy atom. The molecule has 1 aromatic heterocycles. The molecule has 0 bridgehead atoms. The fourth-order valence-electron chi connectivity index (χ4n) is 2.79. The standard InChI is InChI=1S/C15H20N4O2/c1-2-21-13-7-11-5-3-4-10(11)6-12(13)8-16-9-14-17-15(20)19-18-14/h6-7,16H,2-5,8-9H2,1H3,(H2,17,18,19,20). The lowest BCUT2D eigenvalue weighted by atomic mass is 10.0. The van der Waals surface area contributed by atoms with Gasteiger partial charge in [0.2, 0.25) is 0 Å². The first-order chi connectivity index (χ1) is 10.3. The van der Waals surface area contributed by atoms with Crippen molar-refractivity contribution in [3.8, 4) is 5.75 Å². The zero-order valence-electron chi connectivity index (χ0n) is 12.2. The lowest BCUT2D eigenvalue weighted by Crippen LogP contribution is -2.15. The number of hydrogen-bond donors (Lipinski definition) is 3. The van der Waals surface area contributed by atoms with Gasteiger partial charge in [0.25, 0.3) is 0 Å². The molecule has 0 fully saturated rings. The van der Waals surface area contributed by atoms with Crippen molar-refractivity contribution in [1.29, 1.82) is 0 Å². The molecule has 3 N–H and O–H groups in total. The number of fused-ring (bicyclic) bond motifs is 1. The lowest BCUT2D eigenvalue weighted by Gasteiger charge is -2.13. The SMILES string of the molecule is CCOc1cc2c(cc1CNCc1n[nH]c(=O)[nH]1)CCC2. The first-order valence-electron chi connectivity index (χ1n) is 7.38. The summed E-state index contributed by atoms with van der Waals surface area (Å²) in [6.07, 6.45) is 3.53. The average Bonchev–Trinajstić information content (AvgIpc) is 3.08. The van der Waals surface area contributed by atoms with Gasteiger partial charge in [0.15, 0.2) is 0 Å². The molecule has 0 unspecified atom stereocenters. The first-order valence-corrected chi connectivity index (χ1v) is 7.38. The Morgan fingerprint density at radius 2 is 2.10 bits per heavy atom. The van der Waals surface area contributed by atoms with Gasteiger partial charge in [-0.15, -0.1) is 0 Å². The third kappa shape index (κ3) is 3.16. The zero-order chi connectivity index (χ0) is 14.7. The minimum atomic E-state index is -0.278. The van der Waals surface area contributed by atoms with Crippen molar-refractivity contribution in [2.75, 3.05) is 6.61 Å². The quantitative estimate of drug-likeness (QED) is 0.747. The van der Waals surface area contributed by atoms with Gasteiger partial charge in [-0.05, 0) is 43.4 Å². The largest absolute Gasteiger partial charge is 0.494 e. The van der Waals surface area contributed by atoms with Gasteiger partial charge in [0.05, 0.1) is 13.2 Å². The normalized spacial score (nSPS) is 13.4. The highest BCUT2D eigenvalue weighted by atomic mass is 16.5. The van der Waals surface area contributed by atoms with Crippen molar-refractivity contribution in [3.05, 3.63) is 45.1 Å². The van der Waals surface area contributed by atoms with Crippen molar-refractivity contribution in [2.24, 2.45) is 0 Å². The van der Waals surface area contributed by atoms with E-state index in [4.69, 9.17) is 4.74 Å². The van der Waals surface area contributed by atoms with Crippen LogP contribution >= 0.6 is 0 Å². The van der Waals surface area contributed by atoms with Crippen molar-refractivity contribution < 1.29 is 4.74 Å². The Kier molecular flexibility index (Phi) is 4.06. The summed E-state index contributed by atoms with van der Waals surface area (Å²) in [7, 11) is 0. The predicted molar refractivity (Wildman–Crippen MR) is 79.4 cm³/mol. The molecule has 1 aliphatic carbocycles. The molecule has 0 atom stereocenters. The summed E-state index contributed by atoms with van der Waals surface area (Å²) in [5.74, 6) is 1.57. The molecule has 0 saturated heterocycles. The first kappa shape index (κ1) is 13.9. The number of nitrogens with zero attached hydrogens (tertiary/aromatic N) is 1. The van der Waals surface area contributed by atoms with Gasteiger partial charge in [0, 0.05) is 12.1 Å². The highest BCUT2D eigenvalue weighted by Crippen LogP contribution is 2.30. The van der Waals surface area contributed by atoms with E-state index < -0.39 is 0 Å². The van der Waals surface area contributed by atoms with Crippen LogP contribution < -0.4 is 15.7 Å². The number of ether oxygens (including phenoxy) is 1. The number of nitrogens with one attached hydrogen (secondary N) is 3. The second kappa shape index (κ2) is 6.13. The van der Waals surface area contributed by atoms with Crippen molar-refractivity contribution in [3.63, 3.8) is 0 Å². The molecule has 3 rings (SSSR count). The molecule has 0 amide bonds. The van der Waals surface area contributed by atoms with Crippen LogP contribution in [0.2, 0.25) is 0 Å². The molecule has 112 valence electrons. The summed E-state index contributed by atoms with van der Waals surface area (Å²) in [5, 5.41) is 9.52. The van der Waals surface area contributed by atoms with E-state index >= 15 is 0 Å². The van der Waals surface area contributed by atoms with Crippen LogP contribution in [0.15, 0.2) is 16.9 Å². The van der Waals surface area contributed by atoms with E-state index in [0.29, 0.717) is 25.5 Å². The number of benzene rings is 1. The van der Waals surface area contributed by atoms with E-state index in [2.05, 4.69) is 32.6 Å². The van der Waals surface area contributed by atoms with Gasteiger partial charge in [-0.25, -0.2) is 9.89 Å². The molecule has 6 nitrogen and oxygen atoms in total. The van der Waals surface area contributed by atoms with Gasteiger partial charge in [0.1, 0.15) is 11.6 Å². The van der Waals surface area contributed by atoms with Crippen LogP contribution in [0, 0.1) is 0 Å². The van der Waals surface area contributed by atoms with Gasteiger partial charge in [-0.2, -0.15) is 5.10 Å². The third-order valence-electron chi connectivity index (χ3n) is 3.73. The van der Waals surface area contributed by atoms with Crippen molar-refractivity contribution in [1.82, 2.24) is 20.5 Å². The second-order valence-electron chi connectivity index (χ2n) is 5.24. The Morgan fingerprint density at radius 3 is 2.81 bits per heavy atom. The fourth-order valence-corrected chi connectivity index (χ4v) is 2.79. The van der Waals surface area contributed by atoms with Crippen LogP contribution in [0.3, 0.4) is 0 Å². The molecular formula is C15H20N4O2. The van der Waals surface area contributed by atoms with Gasteiger partial charge in [-0.1, -0.05) is 6.07 Å². The molecule has 1 aliphatic rings. The topological polar surface area (TPSA) is 82.8 Å². The number of aromatic nitrogens is 3. The molecule has 6 heteroatoms. The fraction of sp³-hybridized carbons (Fsp3) is 0.467. The number of aromatic amines is 2. The van der Waals surface area contributed by atoms with Gasteiger partial charge < -0.3 is 10.1 Å².